The van der Waals surface area contributed by atoms with Gasteiger partial charge in [0, 0.05) is 43.5 Å². The number of amides is 1. The summed E-state index contributed by atoms with van der Waals surface area (Å²) in [6.45, 7) is 7.87. The van der Waals surface area contributed by atoms with Crippen molar-refractivity contribution in [3.05, 3.63) is 29.8 Å². The maximum absolute atomic E-state index is 12.5. The lowest BCUT2D eigenvalue weighted by Gasteiger charge is -2.31. The van der Waals surface area contributed by atoms with Crippen molar-refractivity contribution >= 4 is 36.4 Å². The van der Waals surface area contributed by atoms with Crippen LogP contribution in [0.2, 0.25) is 0 Å². The van der Waals surface area contributed by atoms with E-state index in [4.69, 9.17) is 5.73 Å². The number of piperidine rings is 1. The third-order valence-corrected chi connectivity index (χ3v) is 4.10. The number of carbonyl (C=O) groups is 1. The molecular formula is C17H29Cl2N3O. The van der Waals surface area contributed by atoms with E-state index < -0.39 is 0 Å². The summed E-state index contributed by atoms with van der Waals surface area (Å²) in [6.07, 6.45) is 3.15. The minimum Gasteiger partial charge on any atom is -0.372 e. The van der Waals surface area contributed by atoms with Crippen molar-refractivity contribution < 1.29 is 4.79 Å². The molecule has 132 valence electrons. The topological polar surface area (TPSA) is 49.6 Å². The minimum absolute atomic E-state index is 0. The minimum atomic E-state index is 0. The standard InChI is InChI=1S/C17H27N3O.2ClH/c1-3-11-19(4-2)16-9-7-14(8-10-16)17(21)20-12-5-6-15(18)13-20;;/h7-10,15H,3-6,11-13,18H2,1-2H3;2*1H. The van der Waals surface area contributed by atoms with E-state index in [9.17, 15) is 4.79 Å². The Morgan fingerprint density at radius 3 is 2.43 bits per heavy atom. The Morgan fingerprint density at radius 2 is 1.91 bits per heavy atom. The molecule has 1 aliphatic heterocycles. The first-order valence-corrected chi connectivity index (χ1v) is 8.05. The number of hydrogen-bond donors (Lipinski definition) is 1. The molecule has 6 heteroatoms. The zero-order chi connectivity index (χ0) is 15.2. The molecule has 0 radical (unpaired) electrons. The molecule has 23 heavy (non-hydrogen) atoms. The van der Waals surface area contributed by atoms with Gasteiger partial charge in [0.2, 0.25) is 0 Å². The van der Waals surface area contributed by atoms with Crippen molar-refractivity contribution in [2.45, 2.75) is 39.2 Å². The monoisotopic (exact) mass is 361 g/mol. The maximum Gasteiger partial charge on any atom is 0.253 e. The van der Waals surface area contributed by atoms with E-state index >= 15 is 0 Å². The molecule has 1 aromatic carbocycles. The van der Waals surface area contributed by atoms with Crippen LogP contribution in [0, 0.1) is 0 Å². The van der Waals surface area contributed by atoms with E-state index in [1.54, 1.807) is 0 Å². The van der Waals surface area contributed by atoms with Crippen LogP contribution in [-0.2, 0) is 0 Å². The Kier molecular flexibility index (Phi) is 10.3. The van der Waals surface area contributed by atoms with Gasteiger partial charge in [-0.25, -0.2) is 0 Å². The molecule has 1 heterocycles. The smallest absolute Gasteiger partial charge is 0.253 e. The lowest BCUT2D eigenvalue weighted by Crippen LogP contribution is -2.45. The summed E-state index contributed by atoms with van der Waals surface area (Å²) in [5.41, 5.74) is 7.91. The molecule has 1 atom stereocenters. The normalized spacial score (nSPS) is 17.0. The summed E-state index contributed by atoms with van der Waals surface area (Å²) in [5.74, 6) is 0.107. The Bertz CT molecular complexity index is 467. The first kappa shape index (κ1) is 22.0. The van der Waals surface area contributed by atoms with Crippen LogP contribution in [0.3, 0.4) is 0 Å². The summed E-state index contributed by atoms with van der Waals surface area (Å²) >= 11 is 0. The van der Waals surface area contributed by atoms with E-state index in [1.807, 2.05) is 17.0 Å². The first-order valence-electron chi connectivity index (χ1n) is 8.05. The van der Waals surface area contributed by atoms with Gasteiger partial charge in [0.05, 0.1) is 0 Å². The molecule has 1 amide bonds. The summed E-state index contributed by atoms with van der Waals surface area (Å²) in [4.78, 5) is 16.7. The summed E-state index contributed by atoms with van der Waals surface area (Å²) in [7, 11) is 0. The van der Waals surface area contributed by atoms with Crippen LogP contribution < -0.4 is 10.6 Å². The Balaban J connectivity index is 0.00000242. The predicted octanol–water partition coefficient (Wildman–Crippen LogP) is 3.33. The highest BCUT2D eigenvalue weighted by Crippen LogP contribution is 2.18. The molecule has 1 saturated heterocycles. The molecule has 1 aromatic rings. The number of halogens is 2. The molecule has 0 aromatic heterocycles. The number of nitrogens with two attached hydrogens (primary N) is 1. The van der Waals surface area contributed by atoms with Gasteiger partial charge in [0.1, 0.15) is 0 Å². The quantitative estimate of drug-likeness (QED) is 0.874. The van der Waals surface area contributed by atoms with Crippen molar-refractivity contribution in [1.29, 1.82) is 0 Å². The number of carbonyl (C=O) groups excluding carboxylic acids is 1. The molecular weight excluding hydrogens is 333 g/mol. The van der Waals surface area contributed by atoms with Crippen LogP contribution in [0.25, 0.3) is 0 Å². The van der Waals surface area contributed by atoms with Crippen molar-refractivity contribution in [2.75, 3.05) is 31.1 Å². The second-order valence-corrected chi connectivity index (χ2v) is 5.78. The van der Waals surface area contributed by atoms with Gasteiger partial charge in [-0.15, -0.1) is 24.8 Å². The Labute approximate surface area is 152 Å². The van der Waals surface area contributed by atoms with Crippen LogP contribution in [0.4, 0.5) is 5.69 Å². The zero-order valence-electron chi connectivity index (χ0n) is 14.0. The molecule has 1 unspecified atom stereocenters. The predicted molar refractivity (Wildman–Crippen MR) is 102 cm³/mol. The molecule has 0 saturated carbocycles. The zero-order valence-corrected chi connectivity index (χ0v) is 15.7. The fourth-order valence-electron chi connectivity index (χ4n) is 2.93. The van der Waals surface area contributed by atoms with Crippen LogP contribution in [0.1, 0.15) is 43.5 Å². The van der Waals surface area contributed by atoms with E-state index in [-0.39, 0.29) is 36.8 Å². The number of anilines is 1. The van der Waals surface area contributed by atoms with Crippen LogP contribution in [-0.4, -0.2) is 43.0 Å². The van der Waals surface area contributed by atoms with E-state index in [2.05, 4.69) is 30.9 Å². The van der Waals surface area contributed by atoms with Gasteiger partial charge in [-0.2, -0.15) is 0 Å². The molecule has 0 bridgehead atoms. The molecule has 1 aliphatic rings. The lowest BCUT2D eigenvalue weighted by molar-refractivity contribution is 0.0709. The molecule has 2 rings (SSSR count). The van der Waals surface area contributed by atoms with Crippen molar-refractivity contribution in [3.63, 3.8) is 0 Å². The third kappa shape index (κ3) is 5.87. The van der Waals surface area contributed by atoms with Crippen LogP contribution >= 0.6 is 24.8 Å². The van der Waals surface area contributed by atoms with Crippen LogP contribution in [0.5, 0.6) is 0 Å². The van der Waals surface area contributed by atoms with Gasteiger partial charge in [-0.1, -0.05) is 6.92 Å². The van der Waals surface area contributed by atoms with Crippen molar-refractivity contribution in [3.8, 4) is 0 Å². The SMILES string of the molecule is CCCN(CC)c1ccc(C(=O)N2CCCC(N)C2)cc1.Cl.Cl. The van der Waals surface area contributed by atoms with Gasteiger partial charge in [-0.05, 0) is 50.5 Å². The second kappa shape index (κ2) is 10.7. The largest absolute Gasteiger partial charge is 0.372 e. The maximum atomic E-state index is 12.5. The summed E-state index contributed by atoms with van der Waals surface area (Å²) in [6, 6.07) is 8.11. The number of rotatable bonds is 5. The molecule has 1 fully saturated rings. The van der Waals surface area contributed by atoms with Gasteiger partial charge in [-0.3, -0.25) is 4.79 Å². The summed E-state index contributed by atoms with van der Waals surface area (Å²) in [5, 5.41) is 0. The molecule has 0 aliphatic carbocycles. The highest BCUT2D eigenvalue weighted by Gasteiger charge is 2.22. The van der Waals surface area contributed by atoms with Crippen LogP contribution in [0.15, 0.2) is 24.3 Å². The Hall–Kier alpha value is -0.970. The van der Waals surface area contributed by atoms with E-state index in [0.717, 1.165) is 44.5 Å². The third-order valence-electron chi connectivity index (χ3n) is 4.10. The average Bonchev–Trinajstić information content (AvgIpc) is 2.52. The molecule has 4 nitrogen and oxygen atoms in total. The van der Waals surface area contributed by atoms with Crippen molar-refractivity contribution in [1.82, 2.24) is 4.90 Å². The highest BCUT2D eigenvalue weighted by atomic mass is 35.5. The first-order chi connectivity index (χ1) is 10.2. The van der Waals surface area contributed by atoms with Gasteiger partial charge in [0.15, 0.2) is 0 Å². The number of benzene rings is 1. The molecule has 0 spiro atoms. The Morgan fingerprint density at radius 1 is 1.26 bits per heavy atom. The highest BCUT2D eigenvalue weighted by molar-refractivity contribution is 5.94. The number of likely N-dealkylation sites (tertiary alicyclic amines) is 1. The second-order valence-electron chi connectivity index (χ2n) is 5.78. The average molecular weight is 362 g/mol. The van der Waals surface area contributed by atoms with Crippen molar-refractivity contribution in [2.24, 2.45) is 5.73 Å². The lowest BCUT2D eigenvalue weighted by atomic mass is 10.1. The van der Waals surface area contributed by atoms with E-state index in [1.165, 1.54) is 5.69 Å². The van der Waals surface area contributed by atoms with E-state index in [0.29, 0.717) is 6.54 Å². The number of nitrogens with zero attached hydrogens (tertiary/aromatic N) is 2. The fraction of sp³-hybridized carbons (Fsp3) is 0.588. The van der Waals surface area contributed by atoms with Gasteiger partial charge < -0.3 is 15.5 Å². The fourth-order valence-corrected chi connectivity index (χ4v) is 2.93. The number of hydrogen-bond acceptors (Lipinski definition) is 3. The van der Waals surface area contributed by atoms with Gasteiger partial charge in [0.25, 0.3) is 5.91 Å². The van der Waals surface area contributed by atoms with Gasteiger partial charge >= 0.3 is 0 Å². The molecule has 2 N–H and O–H groups in total. The summed E-state index contributed by atoms with van der Waals surface area (Å²) < 4.78 is 0.